The lowest BCUT2D eigenvalue weighted by atomic mass is 10.2. The first kappa shape index (κ1) is 12.6. The van der Waals surface area contributed by atoms with Crippen LogP contribution in [0.25, 0.3) is 0 Å². The van der Waals surface area contributed by atoms with Crippen LogP contribution >= 0.6 is 11.3 Å². The molecule has 94 valence electrons. The van der Waals surface area contributed by atoms with E-state index in [0.717, 1.165) is 10.6 Å². The number of amides is 1. The first-order valence-corrected chi connectivity index (χ1v) is 6.34. The van der Waals surface area contributed by atoms with Crippen molar-refractivity contribution >= 4 is 22.9 Å². The van der Waals surface area contributed by atoms with Crippen LogP contribution in [0.1, 0.15) is 25.9 Å². The van der Waals surface area contributed by atoms with Gasteiger partial charge in [-0.25, -0.2) is 4.98 Å². The zero-order valence-corrected chi connectivity index (χ0v) is 11.3. The number of aryl methyl sites for hydroxylation is 3. The van der Waals surface area contributed by atoms with Crippen molar-refractivity contribution in [3.63, 3.8) is 0 Å². The van der Waals surface area contributed by atoms with Crippen molar-refractivity contribution < 1.29 is 9.90 Å². The summed E-state index contributed by atoms with van der Waals surface area (Å²) in [5, 5.41) is 13.3. The van der Waals surface area contributed by atoms with Crippen molar-refractivity contribution in [1.82, 2.24) is 4.98 Å². The molecule has 2 N–H and O–H groups in total. The average Bonchev–Trinajstić information content (AvgIpc) is 2.62. The fourth-order valence-corrected chi connectivity index (χ4v) is 2.48. The monoisotopic (exact) mass is 262 g/mol. The van der Waals surface area contributed by atoms with E-state index in [1.807, 2.05) is 19.9 Å². The van der Waals surface area contributed by atoms with E-state index in [9.17, 15) is 9.90 Å². The van der Waals surface area contributed by atoms with Crippen LogP contribution in [0.3, 0.4) is 0 Å². The van der Waals surface area contributed by atoms with Gasteiger partial charge < -0.3 is 10.4 Å². The summed E-state index contributed by atoms with van der Waals surface area (Å²) in [5.41, 5.74) is 2.06. The Kier molecular flexibility index (Phi) is 3.34. The Morgan fingerprint density at radius 2 is 2.06 bits per heavy atom. The van der Waals surface area contributed by atoms with E-state index in [1.54, 1.807) is 19.1 Å². The van der Waals surface area contributed by atoms with Gasteiger partial charge in [-0.1, -0.05) is 6.07 Å². The third kappa shape index (κ3) is 2.51. The molecule has 0 unspecified atom stereocenters. The number of benzene rings is 1. The minimum Gasteiger partial charge on any atom is -0.506 e. The van der Waals surface area contributed by atoms with Gasteiger partial charge in [-0.15, -0.1) is 11.3 Å². The number of nitrogens with zero attached hydrogens (tertiary/aromatic N) is 1. The number of carbonyl (C=O) groups excluding carboxylic acids is 1. The Hall–Kier alpha value is -1.88. The highest BCUT2D eigenvalue weighted by molar-refractivity contribution is 7.13. The van der Waals surface area contributed by atoms with E-state index in [2.05, 4.69) is 10.3 Å². The molecule has 5 heteroatoms. The van der Waals surface area contributed by atoms with Gasteiger partial charge >= 0.3 is 0 Å². The van der Waals surface area contributed by atoms with Gasteiger partial charge in [0, 0.05) is 0 Å². The Morgan fingerprint density at radius 3 is 2.61 bits per heavy atom. The van der Waals surface area contributed by atoms with Crippen LogP contribution in [0.15, 0.2) is 18.2 Å². The van der Waals surface area contributed by atoms with E-state index in [0.29, 0.717) is 16.3 Å². The predicted molar refractivity (Wildman–Crippen MR) is 72.4 cm³/mol. The Balaban J connectivity index is 2.24. The molecule has 0 atom stereocenters. The summed E-state index contributed by atoms with van der Waals surface area (Å²) in [7, 11) is 0. The molecule has 1 aromatic heterocycles. The summed E-state index contributed by atoms with van der Waals surface area (Å²) in [6, 6.07) is 5.13. The zero-order chi connectivity index (χ0) is 13.3. The van der Waals surface area contributed by atoms with Crippen molar-refractivity contribution in [2.45, 2.75) is 20.8 Å². The number of aromatic hydroxyl groups is 1. The summed E-state index contributed by atoms with van der Waals surface area (Å²) in [4.78, 5) is 16.8. The van der Waals surface area contributed by atoms with Gasteiger partial charge in [0.25, 0.3) is 5.91 Å². The Labute approximate surface area is 109 Å². The molecule has 0 fully saturated rings. The lowest BCUT2D eigenvalue weighted by Gasteiger charge is -2.07. The molecule has 2 rings (SSSR count). The van der Waals surface area contributed by atoms with Crippen molar-refractivity contribution in [1.29, 1.82) is 0 Å². The molecule has 18 heavy (non-hydrogen) atoms. The van der Waals surface area contributed by atoms with Crippen LogP contribution in [0.4, 0.5) is 5.69 Å². The lowest BCUT2D eigenvalue weighted by molar-refractivity contribution is 0.102. The minimum atomic E-state index is -0.239. The number of anilines is 1. The molecule has 2 aromatic rings. The van der Waals surface area contributed by atoms with Gasteiger partial charge in [0.15, 0.2) is 0 Å². The third-order valence-corrected chi connectivity index (χ3v) is 3.58. The van der Waals surface area contributed by atoms with E-state index in [-0.39, 0.29) is 11.7 Å². The van der Waals surface area contributed by atoms with Crippen LogP contribution in [-0.4, -0.2) is 16.0 Å². The molecule has 1 amide bonds. The zero-order valence-electron chi connectivity index (χ0n) is 10.4. The van der Waals surface area contributed by atoms with Gasteiger partial charge in [-0.05, 0) is 38.5 Å². The fourth-order valence-electron chi connectivity index (χ4n) is 1.67. The van der Waals surface area contributed by atoms with Crippen molar-refractivity contribution in [2.75, 3.05) is 5.32 Å². The molecule has 0 spiro atoms. The number of carbonyl (C=O) groups is 1. The number of phenolic OH excluding ortho intramolecular Hbond substituents is 1. The molecule has 0 aliphatic carbocycles. The molecule has 1 aromatic carbocycles. The standard InChI is InChI=1S/C13H14N2O2S/c1-7-4-5-10(11(16)6-7)15-13(17)12-8(2)14-9(3)18-12/h4-6,16H,1-3H3,(H,15,17). The molecular formula is C13H14N2O2S. The average molecular weight is 262 g/mol. The third-order valence-electron chi connectivity index (χ3n) is 2.51. The number of phenols is 1. The lowest BCUT2D eigenvalue weighted by Crippen LogP contribution is -2.11. The number of thiazole rings is 1. The summed E-state index contributed by atoms with van der Waals surface area (Å²) in [5.74, 6) is -0.167. The second-order valence-electron chi connectivity index (χ2n) is 4.12. The summed E-state index contributed by atoms with van der Waals surface area (Å²) in [6.07, 6.45) is 0. The Bertz CT molecular complexity index is 605. The van der Waals surface area contributed by atoms with Crippen LogP contribution in [-0.2, 0) is 0 Å². The van der Waals surface area contributed by atoms with Gasteiger partial charge in [0.2, 0.25) is 0 Å². The fraction of sp³-hybridized carbons (Fsp3) is 0.231. The molecule has 0 radical (unpaired) electrons. The predicted octanol–water partition coefficient (Wildman–Crippen LogP) is 3.03. The first-order valence-electron chi connectivity index (χ1n) is 5.52. The SMILES string of the molecule is Cc1ccc(NC(=O)c2sc(C)nc2C)c(O)c1. The smallest absolute Gasteiger partial charge is 0.267 e. The van der Waals surface area contributed by atoms with E-state index < -0.39 is 0 Å². The summed E-state index contributed by atoms with van der Waals surface area (Å²) >= 11 is 1.35. The van der Waals surface area contributed by atoms with E-state index in [1.165, 1.54) is 11.3 Å². The van der Waals surface area contributed by atoms with Gasteiger partial charge in [-0.3, -0.25) is 4.79 Å². The Morgan fingerprint density at radius 1 is 1.33 bits per heavy atom. The molecule has 0 saturated heterocycles. The van der Waals surface area contributed by atoms with Crippen LogP contribution < -0.4 is 5.32 Å². The number of hydrogen-bond donors (Lipinski definition) is 2. The van der Waals surface area contributed by atoms with Crippen LogP contribution in [0, 0.1) is 20.8 Å². The normalized spacial score (nSPS) is 10.4. The van der Waals surface area contributed by atoms with Crippen molar-refractivity contribution in [3.8, 4) is 5.75 Å². The van der Waals surface area contributed by atoms with E-state index >= 15 is 0 Å². The maximum atomic E-state index is 12.0. The van der Waals surface area contributed by atoms with Crippen molar-refractivity contribution in [2.24, 2.45) is 0 Å². The highest BCUT2D eigenvalue weighted by atomic mass is 32.1. The topological polar surface area (TPSA) is 62.2 Å². The quantitative estimate of drug-likeness (QED) is 0.818. The maximum absolute atomic E-state index is 12.0. The molecular weight excluding hydrogens is 248 g/mol. The molecule has 0 bridgehead atoms. The second-order valence-corrected chi connectivity index (χ2v) is 5.33. The summed E-state index contributed by atoms with van der Waals surface area (Å²) < 4.78 is 0. The number of hydrogen-bond acceptors (Lipinski definition) is 4. The number of aromatic nitrogens is 1. The molecule has 0 aliphatic heterocycles. The second kappa shape index (κ2) is 4.78. The molecule has 1 heterocycles. The van der Waals surface area contributed by atoms with E-state index in [4.69, 9.17) is 0 Å². The van der Waals surface area contributed by atoms with Crippen LogP contribution in [0.2, 0.25) is 0 Å². The summed E-state index contributed by atoms with van der Waals surface area (Å²) in [6.45, 7) is 5.53. The largest absolute Gasteiger partial charge is 0.506 e. The van der Waals surface area contributed by atoms with Gasteiger partial charge in [-0.2, -0.15) is 0 Å². The number of nitrogens with one attached hydrogen (secondary N) is 1. The maximum Gasteiger partial charge on any atom is 0.267 e. The molecule has 0 aliphatic rings. The van der Waals surface area contributed by atoms with Crippen molar-refractivity contribution in [3.05, 3.63) is 39.3 Å². The highest BCUT2D eigenvalue weighted by Crippen LogP contribution is 2.26. The van der Waals surface area contributed by atoms with Crippen LogP contribution in [0.5, 0.6) is 5.75 Å². The molecule has 0 saturated carbocycles. The van der Waals surface area contributed by atoms with Gasteiger partial charge in [0.1, 0.15) is 10.6 Å². The van der Waals surface area contributed by atoms with Gasteiger partial charge in [0.05, 0.1) is 16.4 Å². The molecule has 4 nitrogen and oxygen atoms in total. The minimum absolute atomic E-state index is 0.0715. The first-order chi connectivity index (χ1) is 8.47. The number of rotatable bonds is 2. The highest BCUT2D eigenvalue weighted by Gasteiger charge is 2.15.